The third-order valence-electron chi connectivity index (χ3n) is 3.99. The van der Waals surface area contributed by atoms with E-state index in [4.69, 9.17) is 28.2 Å². The van der Waals surface area contributed by atoms with E-state index in [1.54, 1.807) is 23.8 Å². The molecule has 24 heavy (non-hydrogen) atoms. The number of halogens is 1. The molecule has 1 aliphatic heterocycles. The predicted molar refractivity (Wildman–Crippen MR) is 99.0 cm³/mol. The van der Waals surface area contributed by atoms with Gasteiger partial charge in [0.15, 0.2) is 5.11 Å². The number of furan rings is 1. The van der Waals surface area contributed by atoms with Crippen molar-refractivity contribution in [3.63, 3.8) is 0 Å². The van der Waals surface area contributed by atoms with Crippen molar-refractivity contribution < 1.29 is 4.42 Å². The zero-order chi connectivity index (χ0) is 16.5. The lowest BCUT2D eigenvalue weighted by Crippen LogP contribution is -2.28. The molecule has 4 heterocycles. The first kappa shape index (κ1) is 15.6. The summed E-state index contributed by atoms with van der Waals surface area (Å²) in [6.45, 7) is 0.600. The molecule has 0 spiro atoms. The summed E-state index contributed by atoms with van der Waals surface area (Å²) in [7, 11) is 0. The smallest absolute Gasteiger partial charge is 0.170 e. The average Bonchev–Trinajstić information content (AvgIpc) is 3.31. The quantitative estimate of drug-likeness (QED) is 0.677. The van der Waals surface area contributed by atoms with Gasteiger partial charge in [0.05, 0.1) is 34.9 Å². The van der Waals surface area contributed by atoms with Crippen molar-refractivity contribution in [2.75, 3.05) is 0 Å². The number of thiophene rings is 1. The van der Waals surface area contributed by atoms with Gasteiger partial charge in [-0.15, -0.1) is 11.3 Å². The zero-order valence-corrected chi connectivity index (χ0v) is 14.9. The average molecular weight is 376 g/mol. The Balaban J connectivity index is 1.73. The molecule has 3 aromatic rings. The second-order valence-electron chi connectivity index (χ2n) is 5.48. The van der Waals surface area contributed by atoms with Gasteiger partial charge in [-0.1, -0.05) is 17.7 Å². The van der Waals surface area contributed by atoms with E-state index in [-0.39, 0.29) is 12.1 Å². The van der Waals surface area contributed by atoms with Crippen molar-refractivity contribution in [3.05, 3.63) is 75.6 Å². The Kier molecular flexibility index (Phi) is 4.26. The molecule has 0 amide bonds. The summed E-state index contributed by atoms with van der Waals surface area (Å²) in [6.07, 6.45) is 3.48. The van der Waals surface area contributed by atoms with Crippen LogP contribution in [0.2, 0.25) is 4.34 Å². The molecular formula is C17H14ClN3OS2. The van der Waals surface area contributed by atoms with Crippen LogP contribution in [0.25, 0.3) is 0 Å². The molecule has 1 N–H and O–H groups in total. The van der Waals surface area contributed by atoms with Crippen LogP contribution in [0.1, 0.15) is 28.4 Å². The Morgan fingerprint density at radius 3 is 2.83 bits per heavy atom. The Hall–Kier alpha value is -1.89. The van der Waals surface area contributed by atoms with Gasteiger partial charge in [-0.05, 0) is 48.6 Å². The Morgan fingerprint density at radius 1 is 1.25 bits per heavy atom. The summed E-state index contributed by atoms with van der Waals surface area (Å²) < 4.78 is 6.27. The normalized spacial score (nSPS) is 20.4. The summed E-state index contributed by atoms with van der Waals surface area (Å²) in [5.74, 6) is 0.869. The fraction of sp³-hybridized carbons (Fsp3) is 0.176. The monoisotopic (exact) mass is 375 g/mol. The fourth-order valence-electron chi connectivity index (χ4n) is 2.94. The molecule has 0 bridgehead atoms. The van der Waals surface area contributed by atoms with Crippen LogP contribution in [-0.4, -0.2) is 15.0 Å². The van der Waals surface area contributed by atoms with E-state index >= 15 is 0 Å². The first-order valence-corrected chi connectivity index (χ1v) is 9.08. The van der Waals surface area contributed by atoms with Crippen LogP contribution >= 0.6 is 35.2 Å². The van der Waals surface area contributed by atoms with Gasteiger partial charge in [0.2, 0.25) is 0 Å². The maximum atomic E-state index is 6.17. The van der Waals surface area contributed by atoms with Crippen LogP contribution in [0.4, 0.5) is 0 Å². The van der Waals surface area contributed by atoms with Gasteiger partial charge in [-0.3, -0.25) is 4.98 Å². The van der Waals surface area contributed by atoms with Crippen LogP contribution in [-0.2, 0) is 6.54 Å². The molecule has 1 aliphatic rings. The number of aromatic nitrogens is 1. The third kappa shape index (κ3) is 2.92. The molecule has 1 fully saturated rings. The molecule has 4 nitrogen and oxygen atoms in total. The molecular weight excluding hydrogens is 362 g/mol. The lowest BCUT2D eigenvalue weighted by Gasteiger charge is -2.25. The number of nitrogens with one attached hydrogen (secondary N) is 1. The van der Waals surface area contributed by atoms with Crippen molar-refractivity contribution in [2.45, 2.75) is 18.6 Å². The minimum absolute atomic E-state index is 0.0231. The van der Waals surface area contributed by atoms with Crippen LogP contribution in [0.3, 0.4) is 0 Å². The lowest BCUT2D eigenvalue weighted by atomic mass is 10.0. The Labute approximate surface area is 154 Å². The van der Waals surface area contributed by atoms with Crippen molar-refractivity contribution in [3.8, 4) is 0 Å². The number of thiocarbonyl (C=S) groups is 1. The first-order valence-electron chi connectivity index (χ1n) is 7.48. The summed E-state index contributed by atoms with van der Waals surface area (Å²) >= 11 is 13.3. The van der Waals surface area contributed by atoms with E-state index in [1.807, 2.05) is 36.4 Å². The number of rotatable bonds is 4. The minimum Gasteiger partial charge on any atom is -0.467 e. The number of pyridine rings is 1. The van der Waals surface area contributed by atoms with E-state index in [9.17, 15) is 0 Å². The maximum Gasteiger partial charge on any atom is 0.170 e. The van der Waals surface area contributed by atoms with Crippen LogP contribution < -0.4 is 5.32 Å². The first-order chi connectivity index (χ1) is 11.7. The molecule has 1 saturated heterocycles. The van der Waals surface area contributed by atoms with Gasteiger partial charge in [0.25, 0.3) is 0 Å². The van der Waals surface area contributed by atoms with Crippen molar-refractivity contribution in [1.29, 1.82) is 0 Å². The Morgan fingerprint density at radius 2 is 2.17 bits per heavy atom. The van der Waals surface area contributed by atoms with Crippen LogP contribution in [0, 0.1) is 0 Å². The van der Waals surface area contributed by atoms with Crippen LogP contribution in [0.5, 0.6) is 0 Å². The van der Waals surface area contributed by atoms with Crippen molar-refractivity contribution in [1.82, 2.24) is 15.2 Å². The fourth-order valence-corrected chi connectivity index (χ4v) is 4.46. The van der Waals surface area contributed by atoms with Gasteiger partial charge in [-0.25, -0.2) is 0 Å². The summed E-state index contributed by atoms with van der Waals surface area (Å²) in [6, 6.07) is 13.7. The van der Waals surface area contributed by atoms with E-state index < -0.39 is 0 Å². The highest BCUT2D eigenvalue weighted by atomic mass is 35.5. The Bertz CT molecular complexity index is 835. The van der Waals surface area contributed by atoms with Crippen molar-refractivity contribution in [2.24, 2.45) is 0 Å². The van der Waals surface area contributed by atoms with Gasteiger partial charge in [0, 0.05) is 11.1 Å². The number of nitrogens with zero attached hydrogens (tertiary/aromatic N) is 2. The highest BCUT2D eigenvalue weighted by molar-refractivity contribution is 7.80. The molecule has 3 aromatic heterocycles. The highest BCUT2D eigenvalue weighted by Crippen LogP contribution is 2.42. The largest absolute Gasteiger partial charge is 0.467 e. The van der Waals surface area contributed by atoms with Gasteiger partial charge < -0.3 is 14.6 Å². The minimum atomic E-state index is -0.0246. The topological polar surface area (TPSA) is 41.3 Å². The second-order valence-corrected chi connectivity index (χ2v) is 7.61. The lowest BCUT2D eigenvalue weighted by molar-refractivity contribution is 0.291. The maximum absolute atomic E-state index is 6.17. The SMILES string of the molecule is S=C1N[C@H](c2ccccn2)[C@@H](c2ccc(Cl)s2)N1Cc1ccco1. The molecule has 2 atom stereocenters. The molecule has 0 saturated carbocycles. The van der Waals surface area contributed by atoms with Gasteiger partial charge in [-0.2, -0.15) is 0 Å². The molecule has 7 heteroatoms. The van der Waals surface area contributed by atoms with E-state index in [0.29, 0.717) is 11.7 Å². The second kappa shape index (κ2) is 6.55. The van der Waals surface area contributed by atoms with Crippen LogP contribution in [0.15, 0.2) is 59.3 Å². The molecule has 0 unspecified atom stereocenters. The standard InChI is InChI=1S/C17H14ClN3OS2/c18-14-7-6-13(24-14)16-15(12-5-1-2-8-19-12)20-17(23)21(16)10-11-4-3-9-22-11/h1-9,15-16H,10H2,(H,20,23)/t15-,16-/m1/s1. The predicted octanol–water partition coefficient (Wildman–Crippen LogP) is 4.56. The number of hydrogen-bond donors (Lipinski definition) is 1. The van der Waals surface area contributed by atoms with E-state index in [2.05, 4.69) is 21.3 Å². The molecule has 4 rings (SSSR count). The zero-order valence-electron chi connectivity index (χ0n) is 12.6. The van der Waals surface area contributed by atoms with E-state index in [1.165, 1.54) is 0 Å². The third-order valence-corrected chi connectivity index (χ3v) is 5.64. The molecule has 122 valence electrons. The number of hydrogen-bond acceptors (Lipinski definition) is 4. The highest BCUT2D eigenvalue weighted by Gasteiger charge is 2.40. The van der Waals surface area contributed by atoms with Crippen molar-refractivity contribution >= 4 is 40.3 Å². The summed E-state index contributed by atoms with van der Waals surface area (Å²) in [5, 5.41) is 4.10. The summed E-state index contributed by atoms with van der Waals surface area (Å²) in [5.41, 5.74) is 0.955. The van der Waals surface area contributed by atoms with E-state index in [0.717, 1.165) is 20.7 Å². The molecule has 0 radical (unpaired) electrons. The molecule has 0 aromatic carbocycles. The molecule has 0 aliphatic carbocycles. The van der Waals surface area contributed by atoms with Gasteiger partial charge >= 0.3 is 0 Å². The van der Waals surface area contributed by atoms with Gasteiger partial charge in [0.1, 0.15) is 5.76 Å². The summed E-state index contributed by atoms with van der Waals surface area (Å²) in [4.78, 5) is 7.79.